The van der Waals surface area contributed by atoms with Gasteiger partial charge in [0.25, 0.3) is 0 Å². The highest BCUT2D eigenvalue weighted by atomic mass is 32.1. The van der Waals surface area contributed by atoms with Crippen LogP contribution in [0.5, 0.6) is 0 Å². The SMILES string of the molecule is CC1(C)c2ccccc2-c2cc(N(c3cccc(-c4ccccc4)c3)c3cccc(-c4ccccc4)c3-c3ccc4c(c3)sc3c5ccccc5ccc43)ccc21. The minimum Gasteiger partial charge on any atom is -0.310 e. The second-order valence-corrected chi connectivity index (χ2v) is 16.7. The molecule has 1 heterocycles. The van der Waals surface area contributed by atoms with Gasteiger partial charge in [-0.3, -0.25) is 0 Å². The summed E-state index contributed by atoms with van der Waals surface area (Å²) in [5.74, 6) is 0. The zero-order valence-corrected chi connectivity index (χ0v) is 32.7. The van der Waals surface area contributed by atoms with Crippen LogP contribution in [0.2, 0.25) is 0 Å². The lowest BCUT2D eigenvalue weighted by Gasteiger charge is -2.30. The smallest absolute Gasteiger partial charge is 0.0546 e. The van der Waals surface area contributed by atoms with E-state index in [0.717, 1.165) is 17.1 Å². The summed E-state index contributed by atoms with van der Waals surface area (Å²) in [6.45, 7) is 4.71. The van der Waals surface area contributed by atoms with Crippen molar-refractivity contribution in [2.45, 2.75) is 19.3 Å². The Bertz CT molecular complexity index is 3150. The second kappa shape index (κ2) is 13.2. The molecule has 0 radical (unpaired) electrons. The van der Waals surface area contributed by atoms with Gasteiger partial charge in [-0.1, -0.05) is 178 Å². The maximum absolute atomic E-state index is 2.49. The third-order valence-electron chi connectivity index (χ3n) is 12.1. The molecular weight excluding hydrogens is 707 g/mol. The van der Waals surface area contributed by atoms with Crippen molar-refractivity contribution in [2.75, 3.05) is 4.90 Å². The van der Waals surface area contributed by atoms with E-state index in [9.17, 15) is 0 Å². The molecule has 0 fully saturated rings. The zero-order valence-electron chi connectivity index (χ0n) is 31.9. The molecule has 0 saturated carbocycles. The molecule has 9 aromatic carbocycles. The van der Waals surface area contributed by atoms with Crippen LogP contribution in [0.3, 0.4) is 0 Å². The molecule has 0 amide bonds. The Kier molecular flexibility index (Phi) is 7.77. The van der Waals surface area contributed by atoms with Gasteiger partial charge in [0.2, 0.25) is 0 Å². The van der Waals surface area contributed by atoms with Crippen molar-refractivity contribution in [1.82, 2.24) is 0 Å². The van der Waals surface area contributed by atoms with Crippen molar-refractivity contribution >= 4 is 59.3 Å². The van der Waals surface area contributed by atoms with E-state index in [0.29, 0.717) is 0 Å². The number of rotatable bonds is 6. The van der Waals surface area contributed by atoms with Gasteiger partial charge in [-0.25, -0.2) is 0 Å². The van der Waals surface area contributed by atoms with E-state index in [-0.39, 0.29) is 5.41 Å². The fourth-order valence-electron chi connectivity index (χ4n) is 9.28. The first-order chi connectivity index (χ1) is 28.0. The molecule has 10 aromatic rings. The Morgan fingerprint density at radius 1 is 0.404 bits per heavy atom. The molecule has 0 unspecified atom stereocenters. The van der Waals surface area contributed by atoms with Crippen LogP contribution in [-0.2, 0) is 5.41 Å². The highest BCUT2D eigenvalue weighted by Gasteiger charge is 2.35. The molecule has 1 nitrogen and oxygen atoms in total. The van der Waals surface area contributed by atoms with Gasteiger partial charge in [0.1, 0.15) is 0 Å². The van der Waals surface area contributed by atoms with Crippen molar-refractivity contribution in [3.05, 3.63) is 211 Å². The van der Waals surface area contributed by atoms with Crippen LogP contribution in [0, 0.1) is 0 Å². The minimum atomic E-state index is -0.0775. The van der Waals surface area contributed by atoms with E-state index in [1.165, 1.54) is 86.6 Å². The minimum absolute atomic E-state index is 0.0775. The lowest BCUT2D eigenvalue weighted by Crippen LogP contribution is -2.15. The summed E-state index contributed by atoms with van der Waals surface area (Å²) in [6, 6.07) is 73.9. The average molecular weight is 746 g/mol. The van der Waals surface area contributed by atoms with E-state index in [4.69, 9.17) is 0 Å². The van der Waals surface area contributed by atoms with Gasteiger partial charge in [0.15, 0.2) is 0 Å². The highest BCUT2D eigenvalue weighted by molar-refractivity contribution is 7.26. The molecule has 0 atom stereocenters. The normalized spacial score (nSPS) is 12.9. The first-order valence-corrected chi connectivity index (χ1v) is 20.6. The molecule has 0 aliphatic heterocycles. The van der Waals surface area contributed by atoms with E-state index >= 15 is 0 Å². The summed E-state index contributed by atoms with van der Waals surface area (Å²) in [7, 11) is 0. The maximum atomic E-state index is 2.49. The van der Waals surface area contributed by atoms with Gasteiger partial charge >= 0.3 is 0 Å². The molecule has 1 aromatic heterocycles. The Morgan fingerprint density at radius 3 is 1.93 bits per heavy atom. The molecule has 1 aliphatic carbocycles. The number of nitrogens with zero attached hydrogens (tertiary/aromatic N) is 1. The summed E-state index contributed by atoms with van der Waals surface area (Å²) >= 11 is 1.90. The van der Waals surface area contributed by atoms with Crippen LogP contribution in [0.1, 0.15) is 25.0 Å². The van der Waals surface area contributed by atoms with Crippen LogP contribution in [-0.4, -0.2) is 0 Å². The first-order valence-electron chi connectivity index (χ1n) is 19.8. The fraction of sp³-hybridized carbons (Fsp3) is 0.0545. The molecule has 0 N–H and O–H groups in total. The largest absolute Gasteiger partial charge is 0.310 e. The molecule has 0 spiro atoms. The van der Waals surface area contributed by atoms with Gasteiger partial charge in [0.05, 0.1) is 5.69 Å². The summed E-state index contributed by atoms with van der Waals surface area (Å²) in [6.07, 6.45) is 0. The number of hydrogen-bond donors (Lipinski definition) is 0. The maximum Gasteiger partial charge on any atom is 0.0546 e. The summed E-state index contributed by atoms with van der Waals surface area (Å²) in [4.78, 5) is 2.49. The Morgan fingerprint density at radius 2 is 1.07 bits per heavy atom. The van der Waals surface area contributed by atoms with Crippen LogP contribution < -0.4 is 4.90 Å². The number of fused-ring (bicyclic) bond motifs is 8. The van der Waals surface area contributed by atoms with Gasteiger partial charge in [0, 0.05) is 42.5 Å². The van der Waals surface area contributed by atoms with Crippen molar-refractivity contribution in [3.8, 4) is 44.5 Å². The molecule has 1 aliphatic rings. The molecule has 0 bridgehead atoms. The molecular formula is C55H39NS. The van der Waals surface area contributed by atoms with Gasteiger partial charge in [-0.2, -0.15) is 0 Å². The van der Waals surface area contributed by atoms with Crippen molar-refractivity contribution in [3.63, 3.8) is 0 Å². The van der Waals surface area contributed by atoms with E-state index in [1.807, 2.05) is 11.3 Å². The number of thiophene rings is 1. The summed E-state index contributed by atoms with van der Waals surface area (Å²) in [5, 5.41) is 5.21. The predicted octanol–water partition coefficient (Wildman–Crippen LogP) is 16.0. The summed E-state index contributed by atoms with van der Waals surface area (Å²) < 4.78 is 2.64. The molecule has 270 valence electrons. The summed E-state index contributed by atoms with van der Waals surface area (Å²) in [5.41, 5.74) is 15.9. The van der Waals surface area contributed by atoms with Crippen molar-refractivity contribution in [1.29, 1.82) is 0 Å². The Labute approximate surface area is 337 Å². The van der Waals surface area contributed by atoms with Gasteiger partial charge in [-0.15, -0.1) is 11.3 Å². The molecule has 57 heavy (non-hydrogen) atoms. The van der Waals surface area contributed by atoms with E-state index in [1.54, 1.807) is 0 Å². The number of benzene rings is 9. The van der Waals surface area contributed by atoms with Crippen molar-refractivity contribution < 1.29 is 0 Å². The van der Waals surface area contributed by atoms with Crippen LogP contribution >= 0.6 is 11.3 Å². The zero-order chi connectivity index (χ0) is 38.1. The third-order valence-corrected chi connectivity index (χ3v) is 13.3. The van der Waals surface area contributed by atoms with Crippen molar-refractivity contribution in [2.24, 2.45) is 0 Å². The van der Waals surface area contributed by atoms with Gasteiger partial charge < -0.3 is 4.90 Å². The molecule has 11 rings (SSSR count). The fourth-order valence-corrected chi connectivity index (χ4v) is 10.6. The Hall–Kier alpha value is -6.74. The Balaban J connectivity index is 1.19. The van der Waals surface area contributed by atoms with Crippen LogP contribution in [0.4, 0.5) is 17.1 Å². The lowest BCUT2D eigenvalue weighted by molar-refractivity contribution is 0.660. The van der Waals surface area contributed by atoms with Crippen LogP contribution in [0.25, 0.3) is 75.5 Å². The van der Waals surface area contributed by atoms with E-state index in [2.05, 4.69) is 219 Å². The van der Waals surface area contributed by atoms with E-state index < -0.39 is 0 Å². The number of anilines is 3. The quantitative estimate of drug-likeness (QED) is 0.164. The third kappa shape index (κ3) is 5.44. The highest BCUT2D eigenvalue weighted by Crippen LogP contribution is 2.52. The lowest BCUT2D eigenvalue weighted by atomic mass is 9.82. The monoisotopic (exact) mass is 745 g/mol. The first kappa shape index (κ1) is 33.6. The predicted molar refractivity (Wildman–Crippen MR) is 245 cm³/mol. The molecule has 0 saturated heterocycles. The number of hydrogen-bond acceptors (Lipinski definition) is 2. The van der Waals surface area contributed by atoms with Gasteiger partial charge in [-0.05, 0) is 97.2 Å². The standard InChI is InChI=1S/C55H39NS/c1-55(2)49-25-12-11-23-45(49)48-35-42(29-32-50(48)55)56(41-21-13-20-39(33-41)36-15-5-3-6-16-36)51-26-14-24-43(37-17-7-4-8-18-37)53(51)40-28-30-46-47-31-27-38-19-9-10-22-44(38)54(47)57-52(46)34-40/h3-35H,1-2H3. The topological polar surface area (TPSA) is 3.24 Å². The molecule has 2 heteroatoms. The average Bonchev–Trinajstić information content (AvgIpc) is 3.76. The van der Waals surface area contributed by atoms with Crippen LogP contribution in [0.15, 0.2) is 200 Å². The second-order valence-electron chi connectivity index (χ2n) is 15.7.